The first-order chi connectivity index (χ1) is 6.83. The van der Waals surface area contributed by atoms with Gasteiger partial charge in [0.05, 0.1) is 0 Å². The van der Waals surface area contributed by atoms with Gasteiger partial charge < -0.3 is 5.73 Å². The summed E-state index contributed by atoms with van der Waals surface area (Å²) in [6, 6.07) is 8.61. The molecule has 1 aromatic rings. The molecule has 1 saturated carbocycles. The first kappa shape index (κ1) is 9.47. The Morgan fingerprint density at radius 2 is 2.07 bits per heavy atom. The topological polar surface area (TPSA) is 26.0 Å². The molecule has 2 N–H and O–H groups in total. The van der Waals surface area contributed by atoms with Crippen molar-refractivity contribution in [3.63, 3.8) is 0 Å². The maximum Gasteiger partial charge on any atom is -0.00367 e. The molecule has 1 fully saturated rings. The summed E-state index contributed by atoms with van der Waals surface area (Å²) in [4.78, 5) is 0. The summed E-state index contributed by atoms with van der Waals surface area (Å²) >= 11 is 0. The van der Waals surface area contributed by atoms with Gasteiger partial charge in [-0.1, -0.05) is 30.8 Å². The van der Waals surface area contributed by atoms with E-state index in [1.165, 1.54) is 29.5 Å². The standard InChI is InChI=1S/C13H17N/c1-10(8-9-14)12-4-2-3-5-13(12)11-6-7-11/h2-5,11H,1,6-9,14H2. The quantitative estimate of drug-likeness (QED) is 0.770. The molecule has 0 spiro atoms. The second-order valence-electron chi connectivity index (χ2n) is 4.00. The second kappa shape index (κ2) is 3.97. The predicted octanol–water partition coefficient (Wildman–Crippen LogP) is 2.93. The van der Waals surface area contributed by atoms with Crippen molar-refractivity contribution in [3.8, 4) is 0 Å². The monoisotopic (exact) mass is 187 g/mol. The summed E-state index contributed by atoms with van der Waals surface area (Å²) in [6.07, 6.45) is 3.59. The van der Waals surface area contributed by atoms with Crippen molar-refractivity contribution in [2.45, 2.75) is 25.2 Å². The number of benzene rings is 1. The molecule has 2 rings (SSSR count). The van der Waals surface area contributed by atoms with Crippen LogP contribution in [0.2, 0.25) is 0 Å². The van der Waals surface area contributed by atoms with E-state index in [2.05, 4.69) is 30.8 Å². The zero-order valence-electron chi connectivity index (χ0n) is 8.50. The molecule has 0 amide bonds. The third-order valence-corrected chi connectivity index (χ3v) is 2.80. The van der Waals surface area contributed by atoms with E-state index < -0.39 is 0 Å². The first-order valence-electron chi connectivity index (χ1n) is 5.30. The fraction of sp³-hybridized carbons (Fsp3) is 0.385. The summed E-state index contributed by atoms with van der Waals surface area (Å²) in [6.45, 7) is 4.80. The minimum absolute atomic E-state index is 0.692. The van der Waals surface area contributed by atoms with Crippen LogP contribution in [0.4, 0.5) is 0 Å². The van der Waals surface area contributed by atoms with E-state index in [1.807, 2.05) is 0 Å². The van der Waals surface area contributed by atoms with Crippen LogP contribution < -0.4 is 5.73 Å². The Morgan fingerprint density at radius 1 is 1.36 bits per heavy atom. The lowest BCUT2D eigenvalue weighted by molar-refractivity contribution is 1.01. The van der Waals surface area contributed by atoms with Crippen molar-refractivity contribution in [3.05, 3.63) is 42.0 Å². The smallest absolute Gasteiger partial charge is 0.00367 e. The molecule has 0 bridgehead atoms. The van der Waals surface area contributed by atoms with Crippen LogP contribution in [0.3, 0.4) is 0 Å². The molecular weight excluding hydrogens is 170 g/mol. The lowest BCUT2D eigenvalue weighted by Crippen LogP contribution is -2.00. The third kappa shape index (κ3) is 1.88. The van der Waals surface area contributed by atoms with E-state index in [9.17, 15) is 0 Å². The van der Waals surface area contributed by atoms with Gasteiger partial charge in [0.1, 0.15) is 0 Å². The summed E-state index contributed by atoms with van der Waals surface area (Å²) in [5.74, 6) is 0.792. The van der Waals surface area contributed by atoms with Gasteiger partial charge in [0.15, 0.2) is 0 Å². The van der Waals surface area contributed by atoms with Crippen LogP contribution in [0.1, 0.15) is 36.3 Å². The molecule has 14 heavy (non-hydrogen) atoms. The average molecular weight is 187 g/mol. The molecule has 1 aliphatic carbocycles. The lowest BCUT2D eigenvalue weighted by Gasteiger charge is -2.10. The molecule has 74 valence electrons. The number of hydrogen-bond acceptors (Lipinski definition) is 1. The van der Waals surface area contributed by atoms with Crippen LogP contribution in [0, 0.1) is 0 Å². The first-order valence-corrected chi connectivity index (χ1v) is 5.30. The minimum atomic E-state index is 0.692. The van der Waals surface area contributed by atoms with Crippen LogP contribution in [0.15, 0.2) is 30.8 Å². The van der Waals surface area contributed by atoms with Gasteiger partial charge in [0.2, 0.25) is 0 Å². The maximum absolute atomic E-state index is 5.55. The van der Waals surface area contributed by atoms with Crippen LogP contribution in [0.5, 0.6) is 0 Å². The third-order valence-electron chi connectivity index (χ3n) is 2.80. The Labute approximate surface area is 85.6 Å². The zero-order chi connectivity index (χ0) is 9.97. The van der Waals surface area contributed by atoms with Crippen molar-refractivity contribution in [1.29, 1.82) is 0 Å². The Bertz CT molecular complexity index is 337. The van der Waals surface area contributed by atoms with Crippen molar-refractivity contribution in [2.24, 2.45) is 5.73 Å². The molecule has 0 unspecified atom stereocenters. The molecular formula is C13H17N. The number of nitrogens with two attached hydrogens (primary N) is 1. The van der Waals surface area contributed by atoms with Gasteiger partial charge >= 0.3 is 0 Å². The van der Waals surface area contributed by atoms with Crippen LogP contribution in [0.25, 0.3) is 5.57 Å². The minimum Gasteiger partial charge on any atom is -0.330 e. The Kier molecular flexibility index (Phi) is 2.69. The molecule has 0 atom stereocenters. The number of rotatable bonds is 4. The summed E-state index contributed by atoms with van der Waals surface area (Å²) in [7, 11) is 0. The molecule has 0 radical (unpaired) electrons. The molecule has 1 aliphatic rings. The highest BCUT2D eigenvalue weighted by Crippen LogP contribution is 2.43. The predicted molar refractivity (Wildman–Crippen MR) is 61.1 cm³/mol. The van der Waals surface area contributed by atoms with Gasteiger partial charge in [-0.05, 0) is 48.4 Å². The van der Waals surface area contributed by atoms with E-state index in [1.54, 1.807) is 0 Å². The summed E-state index contributed by atoms with van der Waals surface area (Å²) in [5.41, 5.74) is 9.55. The highest BCUT2D eigenvalue weighted by molar-refractivity contribution is 5.67. The van der Waals surface area contributed by atoms with E-state index in [4.69, 9.17) is 5.73 Å². The molecule has 0 aliphatic heterocycles. The van der Waals surface area contributed by atoms with Gasteiger partial charge in [-0.15, -0.1) is 0 Å². The SMILES string of the molecule is C=C(CCN)c1ccccc1C1CC1. The van der Waals surface area contributed by atoms with Crippen LogP contribution in [-0.4, -0.2) is 6.54 Å². The Hall–Kier alpha value is -1.08. The highest BCUT2D eigenvalue weighted by atomic mass is 14.5. The van der Waals surface area contributed by atoms with Crippen molar-refractivity contribution < 1.29 is 0 Å². The van der Waals surface area contributed by atoms with Gasteiger partial charge in [-0.25, -0.2) is 0 Å². The second-order valence-corrected chi connectivity index (χ2v) is 4.00. The van der Waals surface area contributed by atoms with Crippen molar-refractivity contribution >= 4 is 5.57 Å². The zero-order valence-corrected chi connectivity index (χ0v) is 8.50. The van der Waals surface area contributed by atoms with E-state index >= 15 is 0 Å². The fourth-order valence-corrected chi connectivity index (χ4v) is 1.88. The van der Waals surface area contributed by atoms with E-state index in [0.717, 1.165) is 12.3 Å². The van der Waals surface area contributed by atoms with E-state index in [0.29, 0.717) is 6.54 Å². The molecule has 1 nitrogen and oxygen atoms in total. The van der Waals surface area contributed by atoms with Gasteiger partial charge in [0, 0.05) is 0 Å². The maximum atomic E-state index is 5.55. The molecule has 0 aromatic heterocycles. The average Bonchev–Trinajstić information content (AvgIpc) is 3.01. The Morgan fingerprint density at radius 3 is 2.71 bits per heavy atom. The van der Waals surface area contributed by atoms with Crippen LogP contribution >= 0.6 is 0 Å². The summed E-state index contributed by atoms with van der Waals surface area (Å²) in [5, 5.41) is 0. The van der Waals surface area contributed by atoms with Gasteiger partial charge in [0.25, 0.3) is 0 Å². The molecule has 0 heterocycles. The lowest BCUT2D eigenvalue weighted by atomic mass is 9.96. The number of hydrogen-bond donors (Lipinski definition) is 1. The highest BCUT2D eigenvalue weighted by Gasteiger charge is 2.25. The molecule has 1 aromatic carbocycles. The van der Waals surface area contributed by atoms with Crippen molar-refractivity contribution in [1.82, 2.24) is 0 Å². The fourth-order valence-electron chi connectivity index (χ4n) is 1.88. The summed E-state index contributed by atoms with van der Waals surface area (Å²) < 4.78 is 0. The largest absolute Gasteiger partial charge is 0.330 e. The van der Waals surface area contributed by atoms with Crippen molar-refractivity contribution in [2.75, 3.05) is 6.54 Å². The van der Waals surface area contributed by atoms with Crippen LogP contribution in [-0.2, 0) is 0 Å². The molecule has 1 heteroatoms. The van der Waals surface area contributed by atoms with Gasteiger partial charge in [-0.2, -0.15) is 0 Å². The van der Waals surface area contributed by atoms with Gasteiger partial charge in [-0.3, -0.25) is 0 Å². The van der Waals surface area contributed by atoms with E-state index in [-0.39, 0.29) is 0 Å². The normalized spacial score (nSPS) is 15.5. The molecule has 0 saturated heterocycles. The Balaban J connectivity index is 2.26.